The molecule has 4 nitrogen and oxygen atoms in total. The first-order chi connectivity index (χ1) is 14.0. The molecule has 3 fully saturated rings. The summed E-state index contributed by atoms with van der Waals surface area (Å²) in [6.07, 6.45) is 5.17. The number of aryl methyl sites for hydroxylation is 1. The number of nitrogens with zero attached hydrogens (tertiary/aromatic N) is 1. The van der Waals surface area contributed by atoms with E-state index in [2.05, 4.69) is 5.32 Å². The van der Waals surface area contributed by atoms with E-state index in [1.165, 1.54) is 6.42 Å². The number of anilines is 1. The summed E-state index contributed by atoms with van der Waals surface area (Å²) in [7, 11) is 0. The molecule has 0 aromatic heterocycles. The molecular weight excluding hydrogens is 384 g/mol. The third-order valence-electron chi connectivity index (χ3n) is 6.98. The van der Waals surface area contributed by atoms with Crippen LogP contribution in [0, 0.1) is 12.8 Å². The maximum absolute atomic E-state index is 13.1. The molecule has 2 aliphatic carbocycles. The molecule has 0 spiro atoms. The Labute approximate surface area is 176 Å². The second-order valence-corrected chi connectivity index (χ2v) is 9.30. The van der Waals surface area contributed by atoms with Gasteiger partial charge in [0, 0.05) is 28.9 Å². The van der Waals surface area contributed by atoms with E-state index in [0.717, 1.165) is 49.0 Å². The Morgan fingerprint density at radius 3 is 2.48 bits per heavy atom. The van der Waals surface area contributed by atoms with Crippen LogP contribution in [0.3, 0.4) is 0 Å². The van der Waals surface area contributed by atoms with E-state index in [-0.39, 0.29) is 11.8 Å². The van der Waals surface area contributed by atoms with Crippen LogP contribution >= 0.6 is 11.6 Å². The highest BCUT2D eigenvalue weighted by atomic mass is 35.5. The quantitative estimate of drug-likeness (QED) is 0.778. The first-order valence-corrected chi connectivity index (χ1v) is 10.8. The number of likely N-dealkylation sites (tertiary alicyclic amines) is 1. The van der Waals surface area contributed by atoms with Gasteiger partial charge in [0.25, 0.3) is 5.91 Å². The number of rotatable bonds is 4. The van der Waals surface area contributed by atoms with Gasteiger partial charge in [-0.1, -0.05) is 29.8 Å². The summed E-state index contributed by atoms with van der Waals surface area (Å²) < 4.78 is 0. The van der Waals surface area contributed by atoms with Crippen molar-refractivity contribution in [1.82, 2.24) is 4.90 Å². The third kappa shape index (κ3) is 3.24. The van der Waals surface area contributed by atoms with Crippen molar-refractivity contribution in [2.45, 2.75) is 50.5 Å². The van der Waals surface area contributed by atoms with Gasteiger partial charge >= 0.3 is 0 Å². The largest absolute Gasteiger partial charge is 0.335 e. The minimum Gasteiger partial charge on any atom is -0.335 e. The summed E-state index contributed by atoms with van der Waals surface area (Å²) in [6.45, 7) is 2.84. The topological polar surface area (TPSA) is 49.4 Å². The fourth-order valence-corrected chi connectivity index (χ4v) is 5.14. The number of carbonyl (C=O) groups excluding carboxylic acids is 2. The van der Waals surface area contributed by atoms with Gasteiger partial charge in [-0.3, -0.25) is 9.59 Å². The highest BCUT2D eigenvalue weighted by Gasteiger charge is 2.51. The summed E-state index contributed by atoms with van der Waals surface area (Å²) in [5.74, 6) is 0.752. The van der Waals surface area contributed by atoms with Gasteiger partial charge in [0.1, 0.15) is 0 Å². The molecule has 150 valence electrons. The van der Waals surface area contributed by atoms with E-state index in [1.807, 2.05) is 54.3 Å². The Bertz CT molecular complexity index is 981. The standard InChI is InChI=1S/C24H25ClN2O2/c1-15-2-4-17(22(28)27-14-16-3-9-20(27)12-16)13-21(15)26-23(29)24(10-11-24)18-5-7-19(25)8-6-18/h2,4-8,13,16,20H,3,9-12,14H2,1H3,(H,26,29)/t16-,20-/m0/s1. The molecule has 1 saturated heterocycles. The summed E-state index contributed by atoms with van der Waals surface area (Å²) in [4.78, 5) is 28.2. The molecule has 29 heavy (non-hydrogen) atoms. The van der Waals surface area contributed by atoms with Crippen LogP contribution in [0.25, 0.3) is 0 Å². The fourth-order valence-electron chi connectivity index (χ4n) is 5.01. The Hall–Kier alpha value is -2.33. The van der Waals surface area contributed by atoms with Gasteiger partial charge < -0.3 is 10.2 Å². The highest BCUT2D eigenvalue weighted by molar-refractivity contribution is 6.30. The molecule has 2 bridgehead atoms. The van der Waals surface area contributed by atoms with Gasteiger partial charge in [0.15, 0.2) is 0 Å². The van der Waals surface area contributed by atoms with Gasteiger partial charge in [0.05, 0.1) is 5.41 Å². The van der Waals surface area contributed by atoms with Crippen molar-refractivity contribution in [2.24, 2.45) is 5.92 Å². The third-order valence-corrected chi connectivity index (χ3v) is 7.24. The zero-order valence-electron chi connectivity index (χ0n) is 16.6. The monoisotopic (exact) mass is 408 g/mol. The number of carbonyl (C=O) groups is 2. The first kappa shape index (κ1) is 18.7. The average Bonchev–Trinajstić information content (AvgIpc) is 3.26. The molecular formula is C24H25ClN2O2. The van der Waals surface area contributed by atoms with E-state index in [9.17, 15) is 9.59 Å². The molecule has 1 heterocycles. The smallest absolute Gasteiger partial charge is 0.254 e. The lowest BCUT2D eigenvalue weighted by atomic mass is 9.94. The summed E-state index contributed by atoms with van der Waals surface area (Å²) in [5, 5.41) is 3.77. The second-order valence-electron chi connectivity index (χ2n) is 8.86. The number of hydrogen-bond donors (Lipinski definition) is 1. The van der Waals surface area contributed by atoms with Gasteiger partial charge in [-0.05, 0) is 80.3 Å². The molecule has 2 aromatic carbocycles. The van der Waals surface area contributed by atoms with E-state index in [1.54, 1.807) is 0 Å². The van der Waals surface area contributed by atoms with Crippen LogP contribution in [0.4, 0.5) is 5.69 Å². The summed E-state index contributed by atoms with van der Waals surface area (Å²) in [5.41, 5.74) is 2.87. The van der Waals surface area contributed by atoms with Gasteiger partial charge in [-0.2, -0.15) is 0 Å². The first-order valence-electron chi connectivity index (χ1n) is 10.5. The van der Waals surface area contributed by atoms with Crippen LogP contribution in [0.2, 0.25) is 5.02 Å². The zero-order chi connectivity index (χ0) is 20.2. The van der Waals surface area contributed by atoms with Crippen molar-refractivity contribution >= 4 is 29.1 Å². The molecule has 0 unspecified atom stereocenters. The van der Waals surface area contributed by atoms with Crippen molar-refractivity contribution < 1.29 is 9.59 Å². The number of piperidine rings is 1. The molecule has 1 N–H and O–H groups in total. The Kier molecular flexibility index (Phi) is 4.43. The molecule has 2 saturated carbocycles. The van der Waals surface area contributed by atoms with Crippen molar-refractivity contribution in [3.05, 3.63) is 64.2 Å². The van der Waals surface area contributed by atoms with Crippen molar-refractivity contribution in [3.63, 3.8) is 0 Å². The molecule has 2 amide bonds. The Morgan fingerprint density at radius 1 is 1.10 bits per heavy atom. The summed E-state index contributed by atoms with van der Waals surface area (Å²) >= 11 is 6.00. The van der Waals surface area contributed by atoms with Gasteiger partial charge in [0.2, 0.25) is 5.91 Å². The molecule has 2 atom stereocenters. The highest BCUT2D eigenvalue weighted by Crippen LogP contribution is 2.49. The average molecular weight is 409 g/mol. The predicted octanol–water partition coefficient (Wildman–Crippen LogP) is 4.94. The lowest BCUT2D eigenvalue weighted by molar-refractivity contribution is -0.118. The number of fused-ring (bicyclic) bond motifs is 2. The van der Waals surface area contributed by atoms with Crippen LogP contribution in [0.1, 0.15) is 53.6 Å². The molecule has 2 aromatic rings. The van der Waals surface area contributed by atoms with Crippen molar-refractivity contribution in [2.75, 3.05) is 11.9 Å². The SMILES string of the molecule is Cc1ccc(C(=O)N2C[C@H]3CC[C@H]2C3)cc1NC(=O)C1(c2ccc(Cl)cc2)CC1. The number of benzene rings is 2. The molecule has 3 aliphatic rings. The van der Waals surface area contributed by atoms with E-state index >= 15 is 0 Å². The van der Waals surface area contributed by atoms with Gasteiger partial charge in [-0.15, -0.1) is 0 Å². The summed E-state index contributed by atoms with van der Waals surface area (Å²) in [6, 6.07) is 13.6. The maximum atomic E-state index is 13.1. The Balaban J connectivity index is 1.36. The van der Waals surface area contributed by atoms with Crippen LogP contribution in [-0.2, 0) is 10.2 Å². The lowest BCUT2D eigenvalue weighted by Crippen LogP contribution is -2.37. The predicted molar refractivity (Wildman–Crippen MR) is 114 cm³/mol. The minimum absolute atomic E-state index is 0.00671. The van der Waals surface area contributed by atoms with E-state index in [4.69, 9.17) is 11.6 Å². The van der Waals surface area contributed by atoms with Gasteiger partial charge in [-0.25, -0.2) is 0 Å². The number of halogens is 1. The fraction of sp³-hybridized carbons (Fsp3) is 0.417. The molecule has 1 aliphatic heterocycles. The number of amides is 2. The molecule has 5 rings (SSSR count). The lowest BCUT2D eigenvalue weighted by Gasteiger charge is -2.27. The van der Waals surface area contributed by atoms with Crippen LogP contribution in [0.15, 0.2) is 42.5 Å². The molecule has 5 heteroatoms. The zero-order valence-corrected chi connectivity index (χ0v) is 17.3. The van der Waals surface area contributed by atoms with Crippen molar-refractivity contribution in [1.29, 1.82) is 0 Å². The normalized spacial score (nSPS) is 23.9. The number of nitrogens with one attached hydrogen (secondary N) is 1. The van der Waals surface area contributed by atoms with Crippen molar-refractivity contribution in [3.8, 4) is 0 Å². The van der Waals surface area contributed by atoms with Crippen LogP contribution in [-0.4, -0.2) is 29.3 Å². The van der Waals surface area contributed by atoms with Crippen LogP contribution < -0.4 is 5.32 Å². The van der Waals surface area contributed by atoms with Crippen LogP contribution in [0.5, 0.6) is 0 Å². The maximum Gasteiger partial charge on any atom is 0.254 e. The molecule has 0 radical (unpaired) electrons. The minimum atomic E-state index is -0.481. The number of hydrogen-bond acceptors (Lipinski definition) is 2. The van der Waals surface area contributed by atoms with E-state index < -0.39 is 5.41 Å². The Morgan fingerprint density at radius 2 is 1.86 bits per heavy atom. The second kappa shape index (κ2) is 6.88. The van der Waals surface area contributed by atoms with E-state index in [0.29, 0.717) is 22.5 Å².